The molecule has 2 atom stereocenters. The van der Waals surface area contributed by atoms with Crippen molar-refractivity contribution in [2.24, 2.45) is 5.73 Å². The van der Waals surface area contributed by atoms with Gasteiger partial charge in [-0.2, -0.15) is 12.6 Å². The molecule has 0 saturated heterocycles. The summed E-state index contributed by atoms with van der Waals surface area (Å²) in [6.45, 7) is -0.0160. The third-order valence-corrected chi connectivity index (χ3v) is 3.36. The van der Waals surface area contributed by atoms with Crippen molar-refractivity contribution >= 4 is 42.2 Å². The van der Waals surface area contributed by atoms with E-state index in [0.717, 1.165) is 0 Å². The normalized spacial score (nSPS) is 12.4. The van der Waals surface area contributed by atoms with Crippen LogP contribution in [-0.2, 0) is 24.0 Å². The van der Waals surface area contributed by atoms with Crippen LogP contribution in [0.5, 0.6) is 0 Å². The first-order chi connectivity index (χ1) is 12.2. The first kappa shape index (κ1) is 23.7. The van der Waals surface area contributed by atoms with Crippen molar-refractivity contribution < 1.29 is 29.1 Å². The highest BCUT2D eigenvalue weighted by Gasteiger charge is 2.26. The van der Waals surface area contributed by atoms with E-state index in [9.17, 15) is 24.0 Å². The van der Waals surface area contributed by atoms with Crippen molar-refractivity contribution in [2.75, 3.05) is 25.9 Å². The lowest BCUT2D eigenvalue weighted by Gasteiger charge is -2.19. The number of thiol groups is 1. The highest BCUT2D eigenvalue weighted by molar-refractivity contribution is 7.80. The van der Waals surface area contributed by atoms with Crippen molar-refractivity contribution in [2.45, 2.75) is 31.3 Å². The molecule has 0 aromatic carbocycles. The molecule has 0 aliphatic carbocycles. The highest BCUT2D eigenvalue weighted by Crippen LogP contribution is 1.95. The summed E-state index contributed by atoms with van der Waals surface area (Å²) in [5.74, 6) is -3.15. The number of carboxylic acid groups (broad SMARTS) is 1. The second kappa shape index (κ2) is 12.9. The third kappa shape index (κ3) is 10.5. The molecule has 0 rings (SSSR count). The van der Waals surface area contributed by atoms with Gasteiger partial charge in [0.1, 0.15) is 12.1 Å². The smallest absolute Gasteiger partial charge is 0.305 e. The van der Waals surface area contributed by atoms with Crippen molar-refractivity contribution in [3.05, 3.63) is 0 Å². The Morgan fingerprint density at radius 2 is 1.65 bits per heavy atom. The quantitative estimate of drug-likeness (QED) is 0.173. The summed E-state index contributed by atoms with van der Waals surface area (Å²) in [5, 5.41) is 18.3. The van der Waals surface area contributed by atoms with E-state index in [-0.39, 0.29) is 31.8 Å². The molecule has 11 nitrogen and oxygen atoms in total. The minimum Gasteiger partial charge on any atom is -0.481 e. The fourth-order valence-electron chi connectivity index (χ4n) is 1.72. The van der Waals surface area contributed by atoms with Crippen LogP contribution >= 0.6 is 12.6 Å². The molecule has 0 aromatic heterocycles. The predicted molar refractivity (Wildman–Crippen MR) is 95.3 cm³/mol. The van der Waals surface area contributed by atoms with Gasteiger partial charge in [0.15, 0.2) is 0 Å². The third-order valence-electron chi connectivity index (χ3n) is 3.14. The van der Waals surface area contributed by atoms with Crippen LogP contribution in [0.1, 0.15) is 19.3 Å². The zero-order chi connectivity index (χ0) is 20.1. The number of carboxylic acids is 1. The van der Waals surface area contributed by atoms with Crippen LogP contribution in [0.2, 0.25) is 0 Å². The minimum atomic E-state index is -1.30. The molecule has 0 heterocycles. The molecule has 4 amide bonds. The number of amides is 4. The Balaban J connectivity index is 4.48. The van der Waals surface area contributed by atoms with Crippen LogP contribution in [0.3, 0.4) is 0 Å². The van der Waals surface area contributed by atoms with Gasteiger partial charge in [-0.1, -0.05) is 0 Å². The molecule has 0 aliphatic heterocycles. The summed E-state index contributed by atoms with van der Waals surface area (Å²) in [5.41, 5.74) is 5.63. The molecule has 12 heteroatoms. The van der Waals surface area contributed by atoms with Crippen molar-refractivity contribution in [3.63, 3.8) is 0 Å². The molecule has 0 radical (unpaired) electrons. The number of hydrogen-bond donors (Lipinski definition) is 7. The number of aliphatic carboxylic acids is 1. The van der Waals surface area contributed by atoms with E-state index in [1.807, 2.05) is 0 Å². The average molecular weight is 391 g/mol. The molecule has 7 N–H and O–H groups in total. The summed E-state index contributed by atoms with van der Waals surface area (Å²) in [6, 6.07) is -2.48. The molecule has 0 saturated carbocycles. The number of nitrogens with one attached hydrogen (secondary N) is 4. The molecule has 0 spiro atoms. The Hall–Kier alpha value is -2.34. The number of carbonyl (C=O) groups excluding carboxylic acids is 4. The van der Waals surface area contributed by atoms with E-state index in [1.54, 1.807) is 0 Å². The second-order valence-electron chi connectivity index (χ2n) is 5.26. The fourth-order valence-corrected chi connectivity index (χ4v) is 1.83. The Kier molecular flexibility index (Phi) is 11.8. The van der Waals surface area contributed by atoms with Crippen LogP contribution in [-0.4, -0.2) is 72.7 Å². The van der Waals surface area contributed by atoms with E-state index in [1.165, 1.54) is 7.05 Å². The van der Waals surface area contributed by atoms with Gasteiger partial charge in [-0.25, -0.2) is 0 Å². The molecule has 0 bridgehead atoms. The van der Waals surface area contributed by atoms with Gasteiger partial charge in [0.05, 0.1) is 6.42 Å². The number of nitrogens with two attached hydrogens (primary N) is 1. The summed E-state index contributed by atoms with van der Waals surface area (Å²) in [4.78, 5) is 57.3. The van der Waals surface area contributed by atoms with Crippen LogP contribution in [0.25, 0.3) is 0 Å². The molecule has 0 aliphatic rings. The van der Waals surface area contributed by atoms with Gasteiger partial charge >= 0.3 is 5.97 Å². The van der Waals surface area contributed by atoms with Gasteiger partial charge in [-0.15, -0.1) is 0 Å². The SMILES string of the molecule is CNC(=O)CCC(=O)NC[C@H](N)C(=O)N[C@@H](CC(=O)O)C(=O)NCCS. The summed E-state index contributed by atoms with van der Waals surface area (Å²) in [6.07, 6.45) is -0.688. The molecule has 0 unspecified atom stereocenters. The maximum absolute atomic E-state index is 12.0. The molecule has 0 fully saturated rings. The van der Waals surface area contributed by atoms with Gasteiger partial charge in [-0.05, 0) is 0 Å². The van der Waals surface area contributed by atoms with E-state index in [4.69, 9.17) is 10.8 Å². The summed E-state index contributed by atoms with van der Waals surface area (Å²) >= 11 is 3.92. The van der Waals surface area contributed by atoms with Crippen LogP contribution in [0.15, 0.2) is 0 Å². The number of hydrogen-bond acceptors (Lipinski definition) is 7. The molecule has 26 heavy (non-hydrogen) atoms. The average Bonchev–Trinajstić information content (AvgIpc) is 2.60. The second-order valence-corrected chi connectivity index (χ2v) is 5.70. The predicted octanol–water partition coefficient (Wildman–Crippen LogP) is -3.04. The van der Waals surface area contributed by atoms with Gasteiger partial charge in [0.2, 0.25) is 23.6 Å². The van der Waals surface area contributed by atoms with E-state index < -0.39 is 42.2 Å². The van der Waals surface area contributed by atoms with Gasteiger partial charge in [-0.3, -0.25) is 24.0 Å². The maximum Gasteiger partial charge on any atom is 0.305 e. The largest absolute Gasteiger partial charge is 0.481 e. The summed E-state index contributed by atoms with van der Waals surface area (Å²) in [7, 11) is 1.44. The van der Waals surface area contributed by atoms with Crippen LogP contribution in [0, 0.1) is 0 Å². The van der Waals surface area contributed by atoms with Gasteiger partial charge in [0, 0.05) is 38.7 Å². The lowest BCUT2D eigenvalue weighted by atomic mass is 10.1. The maximum atomic E-state index is 12.0. The number of rotatable bonds is 12. The molecular formula is C14H25N5O6S. The lowest BCUT2D eigenvalue weighted by Crippen LogP contribution is -2.55. The van der Waals surface area contributed by atoms with Crippen molar-refractivity contribution in [1.82, 2.24) is 21.3 Å². The first-order valence-electron chi connectivity index (χ1n) is 7.84. The molecule has 148 valence electrons. The van der Waals surface area contributed by atoms with E-state index >= 15 is 0 Å². The topological polar surface area (TPSA) is 180 Å². The lowest BCUT2D eigenvalue weighted by molar-refractivity contribution is -0.140. The Morgan fingerprint density at radius 1 is 1.04 bits per heavy atom. The minimum absolute atomic E-state index is 0.00420. The Labute approximate surface area is 156 Å². The van der Waals surface area contributed by atoms with Gasteiger partial charge < -0.3 is 32.1 Å². The van der Waals surface area contributed by atoms with Crippen molar-refractivity contribution in [3.8, 4) is 0 Å². The highest BCUT2D eigenvalue weighted by atomic mass is 32.1. The van der Waals surface area contributed by atoms with Crippen molar-refractivity contribution in [1.29, 1.82) is 0 Å². The van der Waals surface area contributed by atoms with Crippen LogP contribution < -0.4 is 27.0 Å². The Bertz CT molecular complexity index is 530. The molecular weight excluding hydrogens is 366 g/mol. The van der Waals surface area contributed by atoms with Crippen LogP contribution in [0.4, 0.5) is 0 Å². The first-order valence-corrected chi connectivity index (χ1v) is 8.48. The zero-order valence-electron chi connectivity index (χ0n) is 14.4. The fraction of sp³-hybridized carbons (Fsp3) is 0.643. The standard InChI is InChI=1S/C14H25N5O6S/c1-16-10(20)2-3-11(21)18-7-8(15)13(24)19-9(6-12(22)23)14(25)17-4-5-26/h8-9,26H,2-7,15H2,1H3,(H,16,20)(H,17,25)(H,18,21)(H,19,24)(H,22,23)/t8-,9-/m0/s1. The Morgan fingerprint density at radius 3 is 2.19 bits per heavy atom. The number of carbonyl (C=O) groups is 5. The summed E-state index contributed by atoms with van der Waals surface area (Å²) < 4.78 is 0. The molecule has 0 aromatic rings. The monoisotopic (exact) mass is 391 g/mol. The van der Waals surface area contributed by atoms with E-state index in [0.29, 0.717) is 5.75 Å². The van der Waals surface area contributed by atoms with E-state index in [2.05, 4.69) is 33.9 Å². The van der Waals surface area contributed by atoms with Gasteiger partial charge in [0.25, 0.3) is 0 Å². The zero-order valence-corrected chi connectivity index (χ0v) is 15.3.